The molecule has 10 heteroatoms. The number of hydrogen-bond donors (Lipinski definition) is 2. The molecule has 2 amide bonds. The van der Waals surface area contributed by atoms with E-state index in [-0.39, 0.29) is 23.0 Å². The highest BCUT2D eigenvalue weighted by Gasteiger charge is 2.44. The lowest BCUT2D eigenvalue weighted by molar-refractivity contribution is -0.129. The van der Waals surface area contributed by atoms with Gasteiger partial charge in [0, 0.05) is 18.1 Å². The number of hydrogen-bond acceptors (Lipinski definition) is 4. The van der Waals surface area contributed by atoms with E-state index < -0.39 is 39.5 Å². The van der Waals surface area contributed by atoms with E-state index in [1.807, 2.05) is 0 Å². The molecule has 0 radical (unpaired) electrons. The molecule has 1 heterocycles. The fourth-order valence-electron chi connectivity index (χ4n) is 2.37. The van der Waals surface area contributed by atoms with E-state index in [1.165, 1.54) is 0 Å². The van der Waals surface area contributed by atoms with Crippen LogP contribution in [0.1, 0.15) is 0 Å². The van der Waals surface area contributed by atoms with Crippen LogP contribution >= 0.6 is 11.6 Å². The highest BCUT2D eigenvalue weighted by atomic mass is 35.5. The minimum absolute atomic E-state index is 0.0873. The zero-order valence-corrected chi connectivity index (χ0v) is 12.8. The van der Waals surface area contributed by atoms with E-state index in [2.05, 4.69) is 0 Å². The maximum atomic E-state index is 13.3. The minimum Gasteiger partial charge on any atom is -0.369 e. The van der Waals surface area contributed by atoms with Crippen LogP contribution in [0.15, 0.2) is 23.1 Å². The van der Waals surface area contributed by atoms with Gasteiger partial charge in [-0.3, -0.25) is 9.59 Å². The lowest BCUT2D eigenvalue weighted by Gasteiger charge is -2.16. The van der Waals surface area contributed by atoms with Gasteiger partial charge in [-0.25, -0.2) is 12.8 Å². The summed E-state index contributed by atoms with van der Waals surface area (Å²) in [6, 6.07) is 2.85. The van der Waals surface area contributed by atoms with Gasteiger partial charge in [-0.15, -0.1) is 0 Å². The average Bonchev–Trinajstić information content (AvgIpc) is 2.83. The molecule has 0 saturated carbocycles. The van der Waals surface area contributed by atoms with Crippen LogP contribution in [0.5, 0.6) is 0 Å². The Balaban J connectivity index is 2.38. The lowest BCUT2D eigenvalue weighted by atomic mass is 9.95. The number of amides is 2. The summed E-state index contributed by atoms with van der Waals surface area (Å²) >= 11 is 5.65. The van der Waals surface area contributed by atoms with Gasteiger partial charge in [0.05, 0.1) is 16.7 Å². The van der Waals surface area contributed by atoms with Gasteiger partial charge in [-0.05, 0) is 18.2 Å². The van der Waals surface area contributed by atoms with E-state index in [0.717, 1.165) is 22.5 Å². The predicted octanol–water partition coefficient (Wildman–Crippen LogP) is -0.314. The third-order valence-corrected chi connectivity index (χ3v) is 5.52. The molecule has 0 aliphatic carbocycles. The largest absolute Gasteiger partial charge is 0.369 e. The van der Waals surface area contributed by atoms with Gasteiger partial charge in [0.2, 0.25) is 21.8 Å². The van der Waals surface area contributed by atoms with Gasteiger partial charge >= 0.3 is 0 Å². The Kier molecular flexibility index (Phi) is 4.41. The van der Waals surface area contributed by atoms with Crippen molar-refractivity contribution in [2.75, 3.05) is 13.1 Å². The smallest absolute Gasteiger partial charge is 0.243 e. The number of sulfonamides is 1. The van der Waals surface area contributed by atoms with Gasteiger partial charge in [0.15, 0.2) is 0 Å². The number of primary amides is 2. The number of rotatable bonds is 4. The first-order valence-corrected chi connectivity index (χ1v) is 7.99. The highest BCUT2D eigenvalue weighted by Crippen LogP contribution is 2.30. The van der Waals surface area contributed by atoms with Crippen molar-refractivity contribution < 1.29 is 22.4 Å². The normalized spacial score (nSPS) is 22.6. The summed E-state index contributed by atoms with van der Waals surface area (Å²) in [6.07, 6.45) is 0. The number of nitrogens with zero attached hydrogens (tertiary/aromatic N) is 1. The molecule has 1 fully saturated rings. The van der Waals surface area contributed by atoms with Crippen LogP contribution in [0.25, 0.3) is 0 Å². The Bertz CT molecular complexity index is 698. The van der Waals surface area contributed by atoms with Crippen LogP contribution < -0.4 is 11.5 Å². The van der Waals surface area contributed by atoms with E-state index in [4.69, 9.17) is 23.1 Å². The summed E-state index contributed by atoms with van der Waals surface area (Å²) in [5, 5.41) is -0.0873. The van der Waals surface area contributed by atoms with Crippen LogP contribution in [0.2, 0.25) is 5.02 Å². The molecule has 0 spiro atoms. The first kappa shape index (κ1) is 16.7. The Hall–Kier alpha value is -1.71. The zero-order chi connectivity index (χ0) is 16.7. The Labute approximate surface area is 131 Å². The summed E-state index contributed by atoms with van der Waals surface area (Å²) in [7, 11) is -4.12. The molecule has 1 aliphatic heterocycles. The van der Waals surface area contributed by atoms with Gasteiger partial charge in [0.1, 0.15) is 5.82 Å². The van der Waals surface area contributed by atoms with Crippen molar-refractivity contribution in [2.24, 2.45) is 23.3 Å². The van der Waals surface area contributed by atoms with Crippen molar-refractivity contribution in [3.8, 4) is 0 Å². The van der Waals surface area contributed by atoms with Crippen molar-refractivity contribution in [2.45, 2.75) is 4.90 Å². The molecular weight excluding hydrogens is 337 g/mol. The molecule has 4 N–H and O–H groups in total. The lowest BCUT2D eigenvalue weighted by Crippen LogP contribution is -2.36. The SMILES string of the molecule is NC(=O)C1CN(S(=O)(=O)c2cc(F)cc(Cl)c2)CC1C(N)=O. The second-order valence-electron chi connectivity index (χ2n) is 4.94. The van der Waals surface area contributed by atoms with E-state index in [0.29, 0.717) is 0 Å². The highest BCUT2D eigenvalue weighted by molar-refractivity contribution is 7.89. The monoisotopic (exact) mass is 349 g/mol. The van der Waals surface area contributed by atoms with E-state index in [1.54, 1.807) is 0 Å². The van der Waals surface area contributed by atoms with Gasteiger partial charge in [0.25, 0.3) is 0 Å². The summed E-state index contributed by atoms with van der Waals surface area (Å²) in [4.78, 5) is 22.3. The molecule has 2 atom stereocenters. The summed E-state index contributed by atoms with van der Waals surface area (Å²) < 4.78 is 39.2. The second kappa shape index (κ2) is 5.82. The maximum absolute atomic E-state index is 13.3. The second-order valence-corrected chi connectivity index (χ2v) is 7.32. The summed E-state index contributed by atoms with van der Waals surface area (Å²) in [6.45, 7) is -0.585. The summed E-state index contributed by atoms with van der Waals surface area (Å²) in [5.74, 6) is -4.49. The summed E-state index contributed by atoms with van der Waals surface area (Å²) in [5.41, 5.74) is 10.3. The molecule has 22 heavy (non-hydrogen) atoms. The number of benzene rings is 1. The van der Waals surface area contributed by atoms with Crippen molar-refractivity contribution in [1.82, 2.24) is 4.31 Å². The van der Waals surface area contributed by atoms with Gasteiger partial charge in [-0.2, -0.15) is 4.31 Å². The molecule has 1 aliphatic rings. The Morgan fingerprint density at radius 3 is 2.05 bits per heavy atom. The first-order chi connectivity index (χ1) is 10.1. The molecule has 0 aromatic heterocycles. The quantitative estimate of drug-likeness (QED) is 0.773. The molecule has 1 aromatic carbocycles. The predicted molar refractivity (Wildman–Crippen MR) is 75.5 cm³/mol. The fourth-order valence-corrected chi connectivity index (χ4v) is 4.20. The van der Waals surface area contributed by atoms with Gasteiger partial charge in [-0.1, -0.05) is 11.6 Å². The van der Waals surface area contributed by atoms with Crippen molar-refractivity contribution >= 4 is 33.4 Å². The molecule has 1 saturated heterocycles. The molecule has 1 aromatic rings. The molecule has 120 valence electrons. The standard InChI is InChI=1S/C12H13ClFN3O4S/c13-6-1-7(14)3-8(2-6)22(20,21)17-4-9(11(15)18)10(5-17)12(16)19/h1-3,9-10H,4-5H2,(H2,15,18)(H2,16,19). The van der Waals surface area contributed by atoms with Crippen LogP contribution in [-0.2, 0) is 19.6 Å². The fraction of sp³-hybridized carbons (Fsp3) is 0.333. The van der Waals surface area contributed by atoms with Gasteiger partial charge < -0.3 is 11.5 Å². The number of nitrogens with two attached hydrogens (primary N) is 2. The van der Waals surface area contributed by atoms with Crippen molar-refractivity contribution in [3.05, 3.63) is 29.0 Å². The van der Waals surface area contributed by atoms with Crippen LogP contribution in [-0.4, -0.2) is 37.6 Å². The maximum Gasteiger partial charge on any atom is 0.243 e. The molecular formula is C12H13ClFN3O4S. The number of halogens is 2. The van der Waals surface area contributed by atoms with Crippen molar-refractivity contribution in [1.29, 1.82) is 0 Å². The Morgan fingerprint density at radius 1 is 1.14 bits per heavy atom. The average molecular weight is 350 g/mol. The molecule has 2 rings (SSSR count). The number of carbonyl (C=O) groups is 2. The zero-order valence-electron chi connectivity index (χ0n) is 11.2. The van der Waals surface area contributed by atoms with Crippen molar-refractivity contribution in [3.63, 3.8) is 0 Å². The van der Waals surface area contributed by atoms with E-state index >= 15 is 0 Å². The minimum atomic E-state index is -4.12. The van der Waals surface area contributed by atoms with Crippen LogP contribution in [0.3, 0.4) is 0 Å². The third-order valence-electron chi connectivity index (χ3n) is 3.49. The Morgan fingerprint density at radius 2 is 1.64 bits per heavy atom. The topological polar surface area (TPSA) is 124 Å². The first-order valence-electron chi connectivity index (χ1n) is 6.18. The number of carbonyl (C=O) groups excluding carboxylic acids is 2. The van der Waals surface area contributed by atoms with Crippen LogP contribution in [0, 0.1) is 17.7 Å². The molecule has 7 nitrogen and oxygen atoms in total. The molecule has 2 unspecified atom stereocenters. The van der Waals surface area contributed by atoms with Crippen LogP contribution in [0.4, 0.5) is 4.39 Å². The third kappa shape index (κ3) is 3.06. The van der Waals surface area contributed by atoms with E-state index in [9.17, 15) is 22.4 Å². The molecule has 0 bridgehead atoms.